The van der Waals surface area contributed by atoms with Gasteiger partial charge in [0.2, 0.25) is 5.91 Å². The number of amides is 3. The van der Waals surface area contributed by atoms with E-state index in [1.807, 2.05) is 0 Å². The van der Waals surface area contributed by atoms with Crippen molar-refractivity contribution in [2.24, 2.45) is 10.7 Å². The number of hydrogen-bond donors (Lipinski definition) is 2. The number of esters is 1. The van der Waals surface area contributed by atoms with E-state index < -0.39 is 41.5 Å². The summed E-state index contributed by atoms with van der Waals surface area (Å²) in [7, 11) is 2.62. The van der Waals surface area contributed by atoms with Crippen LogP contribution in [-0.4, -0.2) is 72.6 Å². The number of amidine groups is 1. The zero-order chi connectivity index (χ0) is 36.1. The number of carbonyl (C=O) groups is 4. The highest BCUT2D eigenvalue weighted by Gasteiger charge is 2.38. The number of alkyl halides is 3. The standard InChI is InChI=1S/C29H30F3N5O5.C6H5F/c1-4-37-26(34-20-11-6-5-7-12-20)21(22(33)17-36(2)24(38)13-14-25(39)42-3)16-23(28(37)41)35-27(40)18-9-8-10-19(15-18)29(30,31)32;7-6-4-2-1-3-5-6/h5-15,23H,4,16-17,33H2,1-3H3,(H,35,40);1-5H/b14-13+,22-21-,34-26?;. The van der Waals surface area contributed by atoms with Crippen LogP contribution in [0.15, 0.2) is 113 Å². The number of nitrogens with two attached hydrogens (primary N) is 1. The Labute approximate surface area is 280 Å². The molecule has 0 saturated carbocycles. The number of carbonyl (C=O) groups excluding carboxylic acids is 4. The summed E-state index contributed by atoms with van der Waals surface area (Å²) in [6, 6.07) is 19.4. The first-order valence-corrected chi connectivity index (χ1v) is 14.9. The summed E-state index contributed by atoms with van der Waals surface area (Å²) in [5, 5.41) is 2.53. The number of benzene rings is 3. The van der Waals surface area contributed by atoms with Gasteiger partial charge in [0.15, 0.2) is 0 Å². The Morgan fingerprint density at radius 3 is 2.20 bits per heavy atom. The van der Waals surface area contributed by atoms with Crippen LogP contribution in [0.5, 0.6) is 0 Å². The highest BCUT2D eigenvalue weighted by molar-refractivity contribution is 6.14. The average Bonchev–Trinajstić information content (AvgIpc) is 3.08. The maximum atomic E-state index is 13.5. The fraction of sp³-hybridized carbons (Fsp3) is 0.229. The monoisotopic (exact) mass is 681 g/mol. The number of hydrogen-bond acceptors (Lipinski definition) is 7. The van der Waals surface area contributed by atoms with Gasteiger partial charge in [-0.25, -0.2) is 14.2 Å². The van der Waals surface area contributed by atoms with E-state index in [4.69, 9.17) is 5.73 Å². The molecule has 3 aromatic carbocycles. The van der Waals surface area contributed by atoms with E-state index in [9.17, 15) is 36.7 Å². The van der Waals surface area contributed by atoms with Crippen LogP contribution < -0.4 is 11.1 Å². The lowest BCUT2D eigenvalue weighted by molar-refractivity contribution is -0.137. The predicted molar refractivity (Wildman–Crippen MR) is 175 cm³/mol. The summed E-state index contributed by atoms with van der Waals surface area (Å²) >= 11 is 0. The molecule has 258 valence electrons. The molecule has 0 aromatic heterocycles. The fourth-order valence-corrected chi connectivity index (χ4v) is 4.54. The van der Waals surface area contributed by atoms with Gasteiger partial charge in [-0.15, -0.1) is 0 Å². The zero-order valence-corrected chi connectivity index (χ0v) is 26.9. The molecular formula is C35H35F4N5O5. The first-order valence-electron chi connectivity index (χ1n) is 14.9. The highest BCUT2D eigenvalue weighted by atomic mass is 19.4. The second-order valence-corrected chi connectivity index (χ2v) is 10.5. The average molecular weight is 682 g/mol. The van der Waals surface area contributed by atoms with Crippen molar-refractivity contribution in [3.05, 3.63) is 125 Å². The van der Waals surface area contributed by atoms with Crippen LogP contribution >= 0.6 is 0 Å². The minimum atomic E-state index is -4.65. The Hall–Kier alpha value is -5.79. The van der Waals surface area contributed by atoms with Crippen molar-refractivity contribution in [3.8, 4) is 0 Å². The molecule has 0 spiro atoms. The maximum Gasteiger partial charge on any atom is 0.416 e. The molecule has 3 amide bonds. The Balaban J connectivity index is 0.000000823. The quantitative estimate of drug-likeness (QED) is 0.195. The Morgan fingerprint density at radius 1 is 1.02 bits per heavy atom. The lowest BCUT2D eigenvalue weighted by Gasteiger charge is -2.36. The summed E-state index contributed by atoms with van der Waals surface area (Å²) in [6.45, 7) is 1.69. The SMILES string of the molecule is CCN1C(=O)C(NC(=O)c2cccc(C(F)(F)F)c2)C/C(=C(/N)CN(C)C(=O)/C=C/C(=O)OC)C1=Nc1ccccc1.Fc1ccccc1. The molecule has 1 atom stereocenters. The Morgan fingerprint density at radius 2 is 1.65 bits per heavy atom. The number of likely N-dealkylation sites (tertiary alicyclic amines) is 1. The van der Waals surface area contributed by atoms with E-state index >= 15 is 0 Å². The molecule has 1 fully saturated rings. The molecule has 0 bridgehead atoms. The predicted octanol–water partition coefficient (Wildman–Crippen LogP) is 5.01. The van der Waals surface area contributed by atoms with Gasteiger partial charge in [-0.1, -0.05) is 42.5 Å². The molecule has 14 heteroatoms. The van der Waals surface area contributed by atoms with Gasteiger partial charge >= 0.3 is 12.1 Å². The minimum Gasteiger partial charge on any atom is -0.466 e. The Bertz CT molecular complexity index is 1730. The number of rotatable bonds is 8. The minimum absolute atomic E-state index is 0.131. The fourth-order valence-electron chi connectivity index (χ4n) is 4.54. The number of methoxy groups -OCH3 is 1. The largest absolute Gasteiger partial charge is 0.466 e. The van der Waals surface area contributed by atoms with Crippen molar-refractivity contribution in [2.45, 2.75) is 25.6 Å². The summed E-state index contributed by atoms with van der Waals surface area (Å²) < 4.78 is 56.0. The third-order valence-corrected chi connectivity index (χ3v) is 7.03. The number of likely N-dealkylation sites (N-methyl/N-ethyl adjacent to an activating group) is 2. The van der Waals surface area contributed by atoms with Crippen LogP contribution in [0.4, 0.5) is 23.2 Å². The molecule has 0 radical (unpaired) electrons. The van der Waals surface area contributed by atoms with Crippen molar-refractivity contribution >= 4 is 35.2 Å². The third kappa shape index (κ3) is 10.9. The van der Waals surface area contributed by atoms with E-state index in [2.05, 4.69) is 15.0 Å². The molecular weight excluding hydrogens is 646 g/mol. The van der Waals surface area contributed by atoms with Gasteiger partial charge in [-0.05, 0) is 49.4 Å². The molecule has 49 heavy (non-hydrogen) atoms. The van der Waals surface area contributed by atoms with Crippen molar-refractivity contribution in [1.82, 2.24) is 15.1 Å². The van der Waals surface area contributed by atoms with Crippen LogP contribution in [-0.2, 0) is 25.3 Å². The molecule has 10 nitrogen and oxygen atoms in total. The van der Waals surface area contributed by atoms with Crippen molar-refractivity contribution in [3.63, 3.8) is 0 Å². The molecule has 3 N–H and O–H groups in total. The first kappa shape index (κ1) is 37.7. The van der Waals surface area contributed by atoms with Gasteiger partial charge in [0.05, 0.1) is 24.9 Å². The summed E-state index contributed by atoms with van der Waals surface area (Å²) in [4.78, 5) is 57.5. The van der Waals surface area contributed by atoms with Crippen LogP contribution in [0.2, 0.25) is 0 Å². The van der Waals surface area contributed by atoms with Crippen LogP contribution in [0, 0.1) is 5.82 Å². The lowest BCUT2D eigenvalue weighted by atomic mass is 9.95. The molecule has 1 heterocycles. The van der Waals surface area contributed by atoms with E-state index in [-0.39, 0.29) is 42.4 Å². The second-order valence-electron chi connectivity index (χ2n) is 10.5. The summed E-state index contributed by atoms with van der Waals surface area (Å²) in [6.07, 6.45) is -2.82. The zero-order valence-electron chi connectivity index (χ0n) is 26.9. The number of piperidine rings is 1. The molecule has 0 aliphatic carbocycles. The van der Waals surface area contributed by atoms with Crippen LogP contribution in [0.25, 0.3) is 0 Å². The molecule has 1 unspecified atom stereocenters. The van der Waals surface area contributed by atoms with Crippen LogP contribution in [0.1, 0.15) is 29.3 Å². The number of halogens is 4. The Kier molecular flexibility index (Phi) is 13.4. The smallest absolute Gasteiger partial charge is 0.416 e. The number of para-hydroxylation sites is 1. The molecule has 4 rings (SSSR count). The third-order valence-electron chi connectivity index (χ3n) is 7.03. The van der Waals surface area contributed by atoms with Crippen molar-refractivity contribution in [1.29, 1.82) is 0 Å². The van der Waals surface area contributed by atoms with Gasteiger partial charge in [0.1, 0.15) is 17.7 Å². The molecule has 3 aromatic rings. The van der Waals surface area contributed by atoms with Gasteiger partial charge in [-0.2, -0.15) is 13.2 Å². The number of nitrogens with one attached hydrogen (secondary N) is 1. The van der Waals surface area contributed by atoms with Gasteiger partial charge < -0.3 is 20.7 Å². The normalized spacial score (nSPS) is 16.5. The van der Waals surface area contributed by atoms with Crippen molar-refractivity contribution in [2.75, 3.05) is 27.2 Å². The number of aliphatic imine (C=N–C) groups is 1. The number of nitrogens with zero attached hydrogens (tertiary/aromatic N) is 3. The maximum absolute atomic E-state index is 13.5. The second kappa shape index (κ2) is 17.4. The van der Waals surface area contributed by atoms with E-state index in [1.165, 1.54) is 42.2 Å². The van der Waals surface area contributed by atoms with E-state index in [0.29, 0.717) is 17.3 Å². The van der Waals surface area contributed by atoms with Gasteiger partial charge in [-0.3, -0.25) is 19.3 Å². The van der Waals surface area contributed by atoms with E-state index in [0.717, 1.165) is 24.3 Å². The lowest BCUT2D eigenvalue weighted by Crippen LogP contribution is -2.56. The van der Waals surface area contributed by atoms with Gasteiger partial charge in [0.25, 0.3) is 11.8 Å². The van der Waals surface area contributed by atoms with Crippen LogP contribution in [0.3, 0.4) is 0 Å². The molecule has 1 aliphatic rings. The first-order chi connectivity index (χ1) is 23.2. The molecule has 1 saturated heterocycles. The molecule has 1 aliphatic heterocycles. The summed E-state index contributed by atoms with van der Waals surface area (Å²) in [5.41, 5.74) is 6.20. The topological polar surface area (TPSA) is 134 Å². The highest BCUT2D eigenvalue weighted by Crippen LogP contribution is 2.30. The summed E-state index contributed by atoms with van der Waals surface area (Å²) in [5.74, 6) is -2.65. The number of ether oxygens (including phenoxy) is 1. The van der Waals surface area contributed by atoms with Gasteiger partial charge in [0, 0.05) is 49.0 Å². The van der Waals surface area contributed by atoms with Crippen molar-refractivity contribution < 1.29 is 41.5 Å². The van der Waals surface area contributed by atoms with E-state index in [1.54, 1.807) is 55.5 Å².